The molecule has 29 heavy (non-hydrogen) atoms. The van der Waals surface area contributed by atoms with Crippen molar-refractivity contribution in [2.24, 2.45) is 5.92 Å². The summed E-state index contributed by atoms with van der Waals surface area (Å²) in [6.45, 7) is 4.44. The van der Waals surface area contributed by atoms with Crippen molar-refractivity contribution in [1.82, 2.24) is 9.80 Å². The number of ether oxygens (including phenoxy) is 1. The Hall–Kier alpha value is -2.13. The highest BCUT2D eigenvalue weighted by Crippen LogP contribution is 2.31. The van der Waals surface area contributed by atoms with Gasteiger partial charge in [0.1, 0.15) is 0 Å². The predicted octanol–water partition coefficient (Wildman–Crippen LogP) is 2.81. The Balaban J connectivity index is 0.000000370. The third-order valence-electron chi connectivity index (χ3n) is 5.30. The summed E-state index contributed by atoms with van der Waals surface area (Å²) in [5.74, 6) is -2.13. The van der Waals surface area contributed by atoms with Crippen molar-refractivity contribution in [3.05, 3.63) is 35.4 Å². The van der Waals surface area contributed by atoms with E-state index in [1.54, 1.807) is 0 Å². The van der Waals surface area contributed by atoms with Crippen LogP contribution >= 0.6 is 0 Å². The molecule has 0 saturated carbocycles. The van der Waals surface area contributed by atoms with Gasteiger partial charge in [0.25, 0.3) is 5.91 Å². The fraction of sp³-hybridized carbons (Fsp3) is 0.600. The van der Waals surface area contributed by atoms with E-state index in [0.29, 0.717) is 5.92 Å². The highest BCUT2D eigenvalue weighted by atomic mass is 19.4. The highest BCUT2D eigenvalue weighted by Gasteiger charge is 2.42. The molecule has 1 N–H and O–H groups in total. The average Bonchev–Trinajstić information content (AvgIpc) is 2.66. The second-order valence-corrected chi connectivity index (χ2v) is 7.60. The van der Waals surface area contributed by atoms with Crippen molar-refractivity contribution in [1.29, 1.82) is 0 Å². The van der Waals surface area contributed by atoms with Crippen LogP contribution in [0.4, 0.5) is 13.2 Å². The minimum absolute atomic E-state index is 0.161. The number of carboxylic acids is 1. The van der Waals surface area contributed by atoms with Crippen molar-refractivity contribution in [3.63, 3.8) is 0 Å². The van der Waals surface area contributed by atoms with Crippen LogP contribution in [0.5, 0.6) is 0 Å². The molecule has 2 aliphatic heterocycles. The van der Waals surface area contributed by atoms with E-state index in [-0.39, 0.29) is 18.1 Å². The smallest absolute Gasteiger partial charge is 0.475 e. The maximum absolute atomic E-state index is 12.9. The van der Waals surface area contributed by atoms with E-state index in [1.807, 2.05) is 36.1 Å². The summed E-state index contributed by atoms with van der Waals surface area (Å²) in [5, 5.41) is 7.12. The van der Waals surface area contributed by atoms with Crippen LogP contribution in [0.25, 0.3) is 0 Å². The number of likely N-dealkylation sites (N-methyl/N-ethyl adjacent to an activating group) is 1. The van der Waals surface area contributed by atoms with Gasteiger partial charge in [-0.15, -0.1) is 0 Å². The summed E-state index contributed by atoms with van der Waals surface area (Å²) < 4.78 is 37.8. The van der Waals surface area contributed by atoms with Crippen LogP contribution < -0.4 is 0 Å². The van der Waals surface area contributed by atoms with Crippen molar-refractivity contribution >= 4 is 11.9 Å². The molecular formula is C20H27F3N2O4. The molecule has 0 radical (unpaired) electrons. The molecule has 0 spiro atoms. The molecule has 2 saturated heterocycles. The Kier molecular flexibility index (Phi) is 7.65. The van der Waals surface area contributed by atoms with Gasteiger partial charge in [-0.1, -0.05) is 18.2 Å². The Morgan fingerprint density at radius 3 is 2.38 bits per heavy atom. The summed E-state index contributed by atoms with van der Waals surface area (Å²) in [7, 11) is 4.17. The van der Waals surface area contributed by atoms with E-state index >= 15 is 0 Å². The zero-order valence-electron chi connectivity index (χ0n) is 16.8. The number of hydrogen-bond acceptors (Lipinski definition) is 4. The monoisotopic (exact) mass is 416 g/mol. The quantitative estimate of drug-likeness (QED) is 0.803. The van der Waals surface area contributed by atoms with Gasteiger partial charge in [-0.05, 0) is 45.5 Å². The van der Waals surface area contributed by atoms with E-state index in [0.717, 1.165) is 43.7 Å². The van der Waals surface area contributed by atoms with E-state index in [1.165, 1.54) is 0 Å². The highest BCUT2D eigenvalue weighted by molar-refractivity contribution is 5.95. The number of hydrogen-bond donors (Lipinski definition) is 1. The van der Waals surface area contributed by atoms with Gasteiger partial charge >= 0.3 is 12.1 Å². The van der Waals surface area contributed by atoms with Crippen LogP contribution in [0.1, 0.15) is 28.8 Å². The van der Waals surface area contributed by atoms with E-state index < -0.39 is 12.1 Å². The van der Waals surface area contributed by atoms with Crippen LogP contribution in [0.15, 0.2) is 24.3 Å². The lowest BCUT2D eigenvalue weighted by Crippen LogP contribution is -2.60. The third kappa shape index (κ3) is 5.93. The molecule has 1 aromatic carbocycles. The van der Waals surface area contributed by atoms with Crippen LogP contribution in [-0.4, -0.2) is 78.9 Å². The number of aryl methyl sites for hydroxylation is 1. The van der Waals surface area contributed by atoms with Crippen molar-refractivity contribution in [2.45, 2.75) is 38.1 Å². The molecular weight excluding hydrogens is 389 g/mol. The summed E-state index contributed by atoms with van der Waals surface area (Å²) in [4.78, 5) is 26.1. The normalized spacial score (nSPS) is 24.4. The Labute approximate surface area is 168 Å². The zero-order chi connectivity index (χ0) is 21.8. The summed E-state index contributed by atoms with van der Waals surface area (Å²) >= 11 is 0. The largest absolute Gasteiger partial charge is 0.490 e. The molecule has 162 valence electrons. The number of fused-ring (bicyclic) bond motifs is 1. The minimum Gasteiger partial charge on any atom is -0.475 e. The van der Waals surface area contributed by atoms with Gasteiger partial charge < -0.3 is 19.6 Å². The molecule has 0 bridgehead atoms. The topological polar surface area (TPSA) is 70.1 Å². The molecule has 2 aliphatic rings. The maximum atomic E-state index is 12.9. The standard InChI is InChI=1S/C18H26N2O2.C2HF3O2/c1-13-7-4-5-9-15(13)18(21)20-11-14-8-6-10-22-17(14)16(12-20)19(2)3;3-2(4,5)1(6)7/h4-5,7,9,14,16-17H,6,8,10-12H2,1-3H3;(H,6,7)/t14-,16+,17-;/m0./s1. The number of nitrogens with zero attached hydrogens (tertiary/aromatic N) is 2. The predicted molar refractivity (Wildman–Crippen MR) is 101 cm³/mol. The number of likely N-dealkylation sites (tertiary alicyclic amines) is 1. The van der Waals surface area contributed by atoms with Crippen molar-refractivity contribution in [2.75, 3.05) is 33.8 Å². The number of benzene rings is 1. The van der Waals surface area contributed by atoms with Gasteiger partial charge in [0.15, 0.2) is 0 Å². The number of rotatable bonds is 2. The lowest BCUT2D eigenvalue weighted by atomic mass is 9.84. The fourth-order valence-corrected chi connectivity index (χ4v) is 3.78. The first-order valence-corrected chi connectivity index (χ1v) is 9.45. The minimum atomic E-state index is -5.08. The molecule has 2 heterocycles. The van der Waals surface area contributed by atoms with Crippen molar-refractivity contribution < 1.29 is 32.6 Å². The van der Waals surface area contributed by atoms with E-state index in [4.69, 9.17) is 14.6 Å². The number of carbonyl (C=O) groups excluding carboxylic acids is 1. The zero-order valence-corrected chi connectivity index (χ0v) is 16.8. The molecule has 3 atom stereocenters. The van der Waals surface area contributed by atoms with Crippen LogP contribution in [-0.2, 0) is 9.53 Å². The second kappa shape index (κ2) is 9.58. The summed E-state index contributed by atoms with van der Waals surface area (Å²) in [6, 6.07) is 8.15. The molecule has 0 aliphatic carbocycles. The summed E-state index contributed by atoms with van der Waals surface area (Å²) in [5.41, 5.74) is 1.88. The number of amides is 1. The molecule has 0 aromatic heterocycles. The lowest BCUT2D eigenvalue weighted by molar-refractivity contribution is -0.192. The second-order valence-electron chi connectivity index (χ2n) is 7.60. The first kappa shape index (κ1) is 23.2. The Morgan fingerprint density at radius 2 is 1.83 bits per heavy atom. The van der Waals surface area contributed by atoms with Gasteiger partial charge in [-0.25, -0.2) is 4.79 Å². The van der Waals surface area contributed by atoms with Gasteiger partial charge in [-0.3, -0.25) is 4.79 Å². The number of aliphatic carboxylic acids is 1. The Morgan fingerprint density at radius 1 is 1.21 bits per heavy atom. The molecule has 6 nitrogen and oxygen atoms in total. The number of carboxylic acid groups (broad SMARTS) is 1. The van der Waals surface area contributed by atoms with E-state index in [2.05, 4.69) is 19.0 Å². The van der Waals surface area contributed by atoms with Crippen LogP contribution in [0.3, 0.4) is 0 Å². The van der Waals surface area contributed by atoms with E-state index in [9.17, 15) is 18.0 Å². The van der Waals surface area contributed by atoms with Gasteiger partial charge in [0, 0.05) is 31.2 Å². The van der Waals surface area contributed by atoms with Crippen LogP contribution in [0, 0.1) is 12.8 Å². The van der Waals surface area contributed by atoms with Gasteiger partial charge in [0.2, 0.25) is 0 Å². The number of halogens is 3. The molecule has 2 fully saturated rings. The molecule has 1 amide bonds. The van der Waals surface area contributed by atoms with Gasteiger partial charge in [-0.2, -0.15) is 13.2 Å². The average molecular weight is 416 g/mol. The van der Waals surface area contributed by atoms with Crippen LogP contribution in [0.2, 0.25) is 0 Å². The fourth-order valence-electron chi connectivity index (χ4n) is 3.78. The maximum Gasteiger partial charge on any atom is 0.490 e. The SMILES string of the molecule is Cc1ccccc1C(=O)N1C[C@@H]2CCCO[C@@H]2[C@H](N(C)C)C1.O=C(O)C(F)(F)F. The van der Waals surface area contributed by atoms with Gasteiger partial charge in [0.05, 0.1) is 12.1 Å². The number of alkyl halides is 3. The number of carbonyl (C=O) groups is 2. The summed E-state index contributed by atoms with van der Waals surface area (Å²) in [6.07, 6.45) is -2.55. The lowest BCUT2D eigenvalue weighted by Gasteiger charge is -2.48. The molecule has 3 rings (SSSR count). The molecule has 0 unspecified atom stereocenters. The Bertz CT molecular complexity index is 724. The van der Waals surface area contributed by atoms with Crippen molar-refractivity contribution in [3.8, 4) is 0 Å². The molecule has 1 aromatic rings. The first-order valence-electron chi connectivity index (χ1n) is 9.45. The first-order chi connectivity index (χ1) is 13.5. The third-order valence-corrected chi connectivity index (χ3v) is 5.30. The molecule has 9 heteroatoms. The number of piperidine rings is 1.